The fourth-order valence-corrected chi connectivity index (χ4v) is 4.34. The van der Waals surface area contributed by atoms with E-state index < -0.39 is 0 Å². The molecule has 5 rings (SSSR count). The SMILES string of the molecule is O=C(CSCc1cnn(-c2ccccc2)c1-n1cccc1)Nc1ccc2c(c1)OCCO2. The summed E-state index contributed by atoms with van der Waals surface area (Å²) in [6, 6.07) is 19.4. The maximum atomic E-state index is 12.5. The van der Waals surface area contributed by atoms with Gasteiger partial charge in [-0.2, -0.15) is 5.10 Å². The van der Waals surface area contributed by atoms with Crippen molar-refractivity contribution < 1.29 is 14.3 Å². The highest BCUT2D eigenvalue weighted by molar-refractivity contribution is 7.99. The number of nitrogens with one attached hydrogen (secondary N) is 1. The van der Waals surface area contributed by atoms with Gasteiger partial charge in [0.25, 0.3) is 0 Å². The van der Waals surface area contributed by atoms with Crippen molar-refractivity contribution in [3.63, 3.8) is 0 Å². The first-order valence-electron chi connectivity index (χ1n) is 10.3. The summed E-state index contributed by atoms with van der Waals surface area (Å²) in [5.41, 5.74) is 2.75. The molecular formula is C24H22N4O3S. The van der Waals surface area contributed by atoms with Gasteiger partial charge in [-0.3, -0.25) is 4.79 Å². The van der Waals surface area contributed by atoms with E-state index in [1.807, 2.05) is 82.4 Å². The topological polar surface area (TPSA) is 70.3 Å². The van der Waals surface area contributed by atoms with E-state index in [2.05, 4.69) is 10.4 Å². The molecule has 0 atom stereocenters. The van der Waals surface area contributed by atoms with Gasteiger partial charge in [-0.15, -0.1) is 11.8 Å². The first-order valence-corrected chi connectivity index (χ1v) is 11.5. The number of nitrogens with zero attached hydrogens (tertiary/aromatic N) is 3. The van der Waals surface area contributed by atoms with Crippen molar-refractivity contribution in [2.24, 2.45) is 0 Å². The third-order valence-electron chi connectivity index (χ3n) is 4.98. The number of aromatic nitrogens is 3. The molecule has 0 saturated carbocycles. The van der Waals surface area contributed by atoms with Crippen LogP contribution in [-0.2, 0) is 10.5 Å². The van der Waals surface area contributed by atoms with Crippen molar-refractivity contribution in [1.29, 1.82) is 0 Å². The number of thioether (sulfide) groups is 1. The van der Waals surface area contributed by atoms with Crippen LogP contribution in [0.5, 0.6) is 11.5 Å². The molecule has 0 radical (unpaired) electrons. The van der Waals surface area contributed by atoms with E-state index in [0.717, 1.165) is 17.1 Å². The maximum Gasteiger partial charge on any atom is 0.234 e. The van der Waals surface area contributed by atoms with Gasteiger partial charge in [0, 0.05) is 35.5 Å². The number of carbonyl (C=O) groups excluding carboxylic acids is 1. The van der Waals surface area contributed by atoms with Gasteiger partial charge in [0.1, 0.15) is 19.0 Å². The molecule has 2 aromatic heterocycles. The third-order valence-corrected chi connectivity index (χ3v) is 5.96. The molecule has 7 nitrogen and oxygen atoms in total. The standard InChI is InChI=1S/C24H22N4O3S/c29-23(26-19-8-9-21-22(14-19)31-13-12-30-21)17-32-16-18-15-25-28(20-6-2-1-3-7-20)24(18)27-10-4-5-11-27/h1-11,14-15H,12-13,16-17H2,(H,26,29). The molecule has 2 aromatic carbocycles. The minimum Gasteiger partial charge on any atom is -0.486 e. The summed E-state index contributed by atoms with van der Waals surface area (Å²) >= 11 is 1.55. The van der Waals surface area contributed by atoms with E-state index in [0.29, 0.717) is 41.9 Å². The fourth-order valence-electron chi connectivity index (χ4n) is 3.56. The Hall–Kier alpha value is -3.65. The van der Waals surface area contributed by atoms with Crippen molar-refractivity contribution in [2.45, 2.75) is 5.75 Å². The lowest BCUT2D eigenvalue weighted by Gasteiger charge is -2.19. The fraction of sp³-hybridized carbons (Fsp3) is 0.167. The Morgan fingerprint density at radius 1 is 1.00 bits per heavy atom. The van der Waals surface area contributed by atoms with Crippen molar-refractivity contribution in [3.8, 4) is 23.0 Å². The highest BCUT2D eigenvalue weighted by atomic mass is 32.2. The van der Waals surface area contributed by atoms with Crippen LogP contribution in [-0.4, -0.2) is 39.2 Å². The molecule has 1 amide bonds. The van der Waals surface area contributed by atoms with Crippen LogP contribution in [0.15, 0.2) is 79.3 Å². The zero-order valence-electron chi connectivity index (χ0n) is 17.3. The summed E-state index contributed by atoms with van der Waals surface area (Å²) in [6.07, 6.45) is 5.87. The Morgan fingerprint density at radius 3 is 2.59 bits per heavy atom. The van der Waals surface area contributed by atoms with Gasteiger partial charge >= 0.3 is 0 Å². The summed E-state index contributed by atoms with van der Waals surface area (Å²) in [5, 5.41) is 7.54. The summed E-state index contributed by atoms with van der Waals surface area (Å²) in [6.45, 7) is 1.06. The molecule has 3 heterocycles. The quantitative estimate of drug-likeness (QED) is 0.458. The predicted octanol–water partition coefficient (Wildman–Crippen LogP) is 4.31. The monoisotopic (exact) mass is 446 g/mol. The number of benzene rings is 2. The first-order chi connectivity index (χ1) is 15.8. The second kappa shape index (κ2) is 9.23. The number of hydrogen-bond donors (Lipinski definition) is 1. The van der Waals surface area contributed by atoms with Crippen LogP contribution in [0.4, 0.5) is 5.69 Å². The largest absolute Gasteiger partial charge is 0.486 e. The average molecular weight is 447 g/mol. The van der Waals surface area contributed by atoms with E-state index in [4.69, 9.17) is 9.47 Å². The summed E-state index contributed by atoms with van der Waals surface area (Å²) in [4.78, 5) is 12.5. The van der Waals surface area contributed by atoms with E-state index in [9.17, 15) is 4.79 Å². The molecule has 4 aromatic rings. The van der Waals surface area contributed by atoms with Gasteiger partial charge in [-0.1, -0.05) is 18.2 Å². The van der Waals surface area contributed by atoms with Crippen LogP contribution >= 0.6 is 11.8 Å². The van der Waals surface area contributed by atoms with Crippen molar-refractivity contribution in [3.05, 3.63) is 84.8 Å². The van der Waals surface area contributed by atoms with Crippen LogP contribution in [0.3, 0.4) is 0 Å². The molecule has 0 saturated heterocycles. The number of carbonyl (C=O) groups is 1. The highest BCUT2D eigenvalue weighted by Gasteiger charge is 2.16. The van der Waals surface area contributed by atoms with E-state index in [-0.39, 0.29) is 5.91 Å². The number of hydrogen-bond acceptors (Lipinski definition) is 5. The number of rotatable bonds is 7. The normalized spacial score (nSPS) is 12.5. The molecule has 1 N–H and O–H groups in total. The Morgan fingerprint density at radius 2 is 1.78 bits per heavy atom. The molecule has 0 bridgehead atoms. The molecule has 8 heteroatoms. The van der Waals surface area contributed by atoms with Crippen molar-refractivity contribution >= 4 is 23.4 Å². The van der Waals surface area contributed by atoms with Gasteiger partial charge in [-0.05, 0) is 36.4 Å². The number of anilines is 1. The maximum absolute atomic E-state index is 12.5. The van der Waals surface area contributed by atoms with Gasteiger partial charge < -0.3 is 19.4 Å². The van der Waals surface area contributed by atoms with Gasteiger partial charge in [-0.25, -0.2) is 4.68 Å². The lowest BCUT2D eigenvalue weighted by atomic mass is 10.2. The van der Waals surface area contributed by atoms with Crippen LogP contribution in [0.25, 0.3) is 11.5 Å². The third kappa shape index (κ3) is 4.36. The molecule has 32 heavy (non-hydrogen) atoms. The highest BCUT2D eigenvalue weighted by Crippen LogP contribution is 2.32. The zero-order valence-corrected chi connectivity index (χ0v) is 18.1. The van der Waals surface area contributed by atoms with Crippen molar-refractivity contribution in [2.75, 3.05) is 24.3 Å². The molecular weight excluding hydrogens is 424 g/mol. The summed E-state index contributed by atoms with van der Waals surface area (Å²) in [7, 11) is 0. The molecule has 162 valence electrons. The summed E-state index contributed by atoms with van der Waals surface area (Å²) < 4.78 is 15.1. The lowest BCUT2D eigenvalue weighted by Crippen LogP contribution is -2.17. The number of fused-ring (bicyclic) bond motifs is 1. The molecule has 0 unspecified atom stereocenters. The van der Waals surface area contributed by atoms with Crippen LogP contribution in [0.2, 0.25) is 0 Å². The second-order valence-corrected chi connectivity index (χ2v) is 8.22. The van der Waals surface area contributed by atoms with Crippen molar-refractivity contribution in [1.82, 2.24) is 14.3 Å². The van der Waals surface area contributed by atoms with E-state index in [1.165, 1.54) is 0 Å². The molecule has 0 aliphatic carbocycles. The van der Waals surface area contributed by atoms with E-state index >= 15 is 0 Å². The minimum absolute atomic E-state index is 0.0651. The van der Waals surface area contributed by atoms with Crippen LogP contribution in [0, 0.1) is 0 Å². The predicted molar refractivity (Wildman–Crippen MR) is 125 cm³/mol. The molecule has 0 fully saturated rings. The number of ether oxygens (including phenoxy) is 2. The second-order valence-electron chi connectivity index (χ2n) is 7.23. The molecule has 1 aliphatic heterocycles. The van der Waals surface area contributed by atoms with Gasteiger partial charge in [0.2, 0.25) is 5.91 Å². The Bertz CT molecular complexity index is 1210. The number of para-hydroxylation sites is 1. The van der Waals surface area contributed by atoms with Gasteiger partial charge in [0.15, 0.2) is 11.5 Å². The number of amides is 1. The Labute approximate surface area is 190 Å². The first kappa shape index (κ1) is 20.3. The lowest BCUT2D eigenvalue weighted by molar-refractivity contribution is -0.113. The molecule has 1 aliphatic rings. The Kier molecular flexibility index (Phi) is 5.85. The average Bonchev–Trinajstić information content (AvgIpc) is 3.49. The Balaban J connectivity index is 1.25. The smallest absolute Gasteiger partial charge is 0.234 e. The van der Waals surface area contributed by atoms with Crippen LogP contribution in [0.1, 0.15) is 5.56 Å². The van der Waals surface area contributed by atoms with E-state index in [1.54, 1.807) is 17.8 Å². The molecule has 0 spiro atoms. The van der Waals surface area contributed by atoms with Crippen LogP contribution < -0.4 is 14.8 Å². The minimum atomic E-state index is -0.0651. The summed E-state index contributed by atoms with van der Waals surface area (Å²) in [5.74, 6) is 3.26. The van der Waals surface area contributed by atoms with Gasteiger partial charge in [0.05, 0.1) is 17.6 Å². The zero-order chi connectivity index (χ0) is 21.8.